The van der Waals surface area contributed by atoms with Crippen LogP contribution in [0.5, 0.6) is 5.88 Å². The lowest BCUT2D eigenvalue weighted by molar-refractivity contribution is -0.122. The Morgan fingerprint density at radius 1 is 1.15 bits per heavy atom. The molecule has 3 aliphatic heterocycles. The molecule has 0 saturated carbocycles. The molecule has 1 aromatic carbocycles. The van der Waals surface area contributed by atoms with Gasteiger partial charge in [0.05, 0.1) is 50.7 Å². The molecule has 4 atom stereocenters. The number of anilines is 1. The summed E-state index contributed by atoms with van der Waals surface area (Å²) in [5.41, 5.74) is 2.71. The summed E-state index contributed by atoms with van der Waals surface area (Å²) in [4.78, 5) is 24.8. The maximum Gasteiger partial charge on any atom is 0.241 e. The third-order valence-corrected chi connectivity index (χ3v) is 8.10. The average molecular weight is 558 g/mol. The number of aliphatic hydroxyl groups is 2. The Morgan fingerprint density at radius 2 is 1.95 bits per heavy atom. The molecular weight excluding hydrogens is 517 g/mol. The van der Waals surface area contributed by atoms with Gasteiger partial charge in [0, 0.05) is 38.3 Å². The minimum Gasteiger partial charge on any atom is -0.474 e. The normalized spacial score (nSPS) is 25.9. The fraction of sp³-hybridized carbons (Fsp3) is 0.586. The molecule has 10 nitrogen and oxygen atoms in total. The van der Waals surface area contributed by atoms with E-state index in [0.717, 1.165) is 37.3 Å². The molecule has 1 amide bonds. The fourth-order valence-electron chi connectivity index (χ4n) is 5.87. The van der Waals surface area contributed by atoms with Crippen molar-refractivity contribution in [2.24, 2.45) is 0 Å². The Labute approximate surface area is 234 Å². The van der Waals surface area contributed by atoms with Crippen LogP contribution in [0, 0.1) is 5.82 Å². The van der Waals surface area contributed by atoms with Crippen molar-refractivity contribution in [1.82, 2.24) is 20.1 Å². The van der Waals surface area contributed by atoms with Gasteiger partial charge in [-0.2, -0.15) is 0 Å². The summed E-state index contributed by atoms with van der Waals surface area (Å²) in [7, 11) is 0. The third kappa shape index (κ3) is 6.45. The molecule has 40 heavy (non-hydrogen) atoms. The van der Waals surface area contributed by atoms with Crippen LogP contribution in [0.4, 0.5) is 10.1 Å². The fourth-order valence-corrected chi connectivity index (χ4v) is 5.87. The van der Waals surface area contributed by atoms with Crippen molar-refractivity contribution >= 4 is 11.6 Å². The van der Waals surface area contributed by atoms with E-state index in [1.807, 2.05) is 13.0 Å². The zero-order valence-electron chi connectivity index (χ0n) is 23.3. The number of benzene rings is 1. The van der Waals surface area contributed by atoms with Crippen LogP contribution in [0.15, 0.2) is 30.3 Å². The van der Waals surface area contributed by atoms with Gasteiger partial charge in [-0.1, -0.05) is 12.1 Å². The summed E-state index contributed by atoms with van der Waals surface area (Å²) in [6.07, 6.45) is 0.440. The number of halogens is 1. The summed E-state index contributed by atoms with van der Waals surface area (Å²) < 4.78 is 24.9. The number of amides is 1. The number of piperazine rings is 1. The lowest BCUT2D eigenvalue weighted by atomic mass is 10.0. The quantitative estimate of drug-likeness (QED) is 0.434. The lowest BCUT2D eigenvalue weighted by Crippen LogP contribution is -2.63. The van der Waals surface area contributed by atoms with E-state index in [2.05, 4.69) is 27.0 Å². The summed E-state index contributed by atoms with van der Waals surface area (Å²) >= 11 is 0. The van der Waals surface area contributed by atoms with Crippen molar-refractivity contribution < 1.29 is 28.9 Å². The predicted molar refractivity (Wildman–Crippen MR) is 148 cm³/mol. The minimum atomic E-state index is -0.310. The van der Waals surface area contributed by atoms with Crippen LogP contribution in [0.3, 0.4) is 0 Å². The molecule has 0 aliphatic carbocycles. The highest BCUT2D eigenvalue weighted by molar-refractivity contribution is 5.97. The zero-order valence-corrected chi connectivity index (χ0v) is 23.3. The van der Waals surface area contributed by atoms with E-state index >= 15 is 0 Å². The molecule has 5 rings (SSSR count). The average Bonchev–Trinajstić information content (AvgIpc) is 2.95. The van der Waals surface area contributed by atoms with Gasteiger partial charge in [0.15, 0.2) is 0 Å². The second kappa shape index (κ2) is 12.9. The molecule has 0 radical (unpaired) electrons. The number of hydrogen-bond donors (Lipinski definition) is 3. The van der Waals surface area contributed by atoms with Crippen LogP contribution in [0.2, 0.25) is 0 Å². The molecule has 11 heteroatoms. The second-order valence-corrected chi connectivity index (χ2v) is 11.1. The number of nitrogens with zero attached hydrogens (tertiary/aromatic N) is 4. The van der Waals surface area contributed by atoms with Crippen molar-refractivity contribution in [2.75, 3.05) is 64.1 Å². The molecule has 1 aromatic heterocycles. The first-order valence-corrected chi connectivity index (χ1v) is 14.1. The monoisotopic (exact) mass is 557 g/mol. The number of hydrogen-bond acceptors (Lipinski definition) is 9. The number of rotatable bonds is 8. The van der Waals surface area contributed by atoms with E-state index in [0.29, 0.717) is 43.5 Å². The molecule has 218 valence electrons. The van der Waals surface area contributed by atoms with E-state index < -0.39 is 0 Å². The van der Waals surface area contributed by atoms with Gasteiger partial charge in [0.1, 0.15) is 18.1 Å². The van der Waals surface area contributed by atoms with Gasteiger partial charge in [-0.05, 0) is 49.6 Å². The molecule has 2 saturated heterocycles. The number of aliphatic hydroxyl groups excluding tert-OH is 2. The van der Waals surface area contributed by atoms with Gasteiger partial charge in [0.25, 0.3) is 0 Å². The zero-order chi connectivity index (χ0) is 28.2. The van der Waals surface area contributed by atoms with E-state index in [9.17, 15) is 19.4 Å². The van der Waals surface area contributed by atoms with Crippen molar-refractivity contribution in [1.29, 1.82) is 0 Å². The number of ether oxygens (including phenoxy) is 2. The first kappa shape index (κ1) is 28.8. The molecule has 0 unspecified atom stereocenters. The van der Waals surface area contributed by atoms with Crippen molar-refractivity contribution in [3.05, 3.63) is 53.0 Å². The summed E-state index contributed by atoms with van der Waals surface area (Å²) in [6.45, 7) is 8.51. The van der Waals surface area contributed by atoms with E-state index in [-0.39, 0.29) is 55.7 Å². The Bertz CT molecular complexity index is 1170. The molecular formula is C29H40FN5O5. The first-order valence-electron chi connectivity index (χ1n) is 14.1. The molecule has 0 bridgehead atoms. The van der Waals surface area contributed by atoms with Crippen LogP contribution < -0.4 is 15.0 Å². The maximum absolute atomic E-state index is 14.0. The molecule has 2 fully saturated rings. The van der Waals surface area contributed by atoms with Crippen LogP contribution >= 0.6 is 0 Å². The topological polar surface area (TPSA) is 111 Å². The van der Waals surface area contributed by atoms with E-state index in [1.165, 1.54) is 12.1 Å². The molecule has 4 heterocycles. The minimum absolute atomic E-state index is 0.0388. The van der Waals surface area contributed by atoms with Crippen LogP contribution in [-0.4, -0.2) is 114 Å². The highest BCUT2D eigenvalue weighted by Gasteiger charge is 2.36. The SMILES string of the molecule is C[C@@H]1CN(CC(=O)N2c3cc(Cc4ccc(F)cc4)c(CO)nc3OC[C@@H]2C)[C@@H](CN2CCOC[C@H]2CO)CN1. The number of fused-ring (bicyclic) bond motifs is 1. The predicted octanol–water partition coefficient (Wildman–Crippen LogP) is 0.773. The van der Waals surface area contributed by atoms with Crippen LogP contribution in [-0.2, 0) is 22.6 Å². The van der Waals surface area contributed by atoms with Crippen LogP contribution in [0.1, 0.15) is 30.7 Å². The number of morpholine rings is 1. The molecule has 0 spiro atoms. The van der Waals surface area contributed by atoms with Gasteiger partial charge < -0.3 is 29.9 Å². The summed E-state index contributed by atoms with van der Waals surface area (Å²) in [5, 5.41) is 23.4. The maximum atomic E-state index is 14.0. The number of pyridine rings is 1. The van der Waals surface area contributed by atoms with E-state index in [1.54, 1.807) is 17.0 Å². The van der Waals surface area contributed by atoms with E-state index in [4.69, 9.17) is 9.47 Å². The van der Waals surface area contributed by atoms with Crippen molar-refractivity contribution in [3.63, 3.8) is 0 Å². The van der Waals surface area contributed by atoms with Crippen molar-refractivity contribution in [3.8, 4) is 5.88 Å². The second-order valence-electron chi connectivity index (χ2n) is 11.1. The Morgan fingerprint density at radius 3 is 2.70 bits per heavy atom. The smallest absolute Gasteiger partial charge is 0.241 e. The highest BCUT2D eigenvalue weighted by Crippen LogP contribution is 2.35. The van der Waals surface area contributed by atoms with Crippen molar-refractivity contribution in [2.45, 2.75) is 51.0 Å². The number of carbonyl (C=O) groups is 1. The standard InChI is InChI=1S/C29H40FN5O5/c1-19-12-34(24(11-31-19)13-33-7-8-39-18-25(33)15-36)14-28(38)35-20(2)17-40-29-27(35)10-22(26(16-37)32-29)9-21-3-5-23(30)6-4-21/h3-6,10,19-20,24-25,31,36-37H,7-9,11-18H2,1-2H3/t19-,20+,24-,25-/m1/s1. The Kier molecular flexibility index (Phi) is 9.29. The van der Waals surface area contributed by atoms with Crippen LogP contribution in [0.25, 0.3) is 0 Å². The largest absolute Gasteiger partial charge is 0.474 e. The highest BCUT2D eigenvalue weighted by atomic mass is 19.1. The first-order chi connectivity index (χ1) is 19.4. The van der Waals surface area contributed by atoms with Gasteiger partial charge in [0.2, 0.25) is 11.8 Å². The third-order valence-electron chi connectivity index (χ3n) is 8.10. The lowest BCUT2D eigenvalue weighted by Gasteiger charge is -2.44. The van der Waals surface area contributed by atoms with Gasteiger partial charge in [-0.3, -0.25) is 14.6 Å². The number of nitrogens with one attached hydrogen (secondary N) is 1. The molecule has 3 N–H and O–H groups in total. The molecule has 3 aliphatic rings. The summed E-state index contributed by atoms with van der Waals surface area (Å²) in [6, 6.07) is 8.22. The van der Waals surface area contributed by atoms with Gasteiger partial charge in [-0.15, -0.1) is 0 Å². The summed E-state index contributed by atoms with van der Waals surface area (Å²) in [5.74, 6) is -0.0134. The molecule has 2 aromatic rings. The Hall–Kier alpha value is -2.67. The number of carbonyl (C=O) groups excluding carboxylic acids is 1. The Balaban J connectivity index is 1.37. The van der Waals surface area contributed by atoms with Gasteiger partial charge in [-0.25, -0.2) is 9.37 Å². The van der Waals surface area contributed by atoms with Gasteiger partial charge >= 0.3 is 0 Å². The number of aromatic nitrogens is 1.